The zero-order valence-electron chi connectivity index (χ0n) is 9.63. The number of nitrogens with one attached hydrogen (secondary N) is 1. The van der Waals surface area contributed by atoms with E-state index in [0.29, 0.717) is 6.04 Å². The number of halogens is 2. The van der Waals surface area contributed by atoms with Crippen molar-refractivity contribution in [2.24, 2.45) is 5.92 Å². The molecule has 1 aromatic carbocycles. The topological polar surface area (TPSA) is 12.0 Å². The van der Waals surface area contributed by atoms with Crippen molar-refractivity contribution >= 4 is 27.5 Å². The normalized spacial score (nSPS) is 23.8. The van der Waals surface area contributed by atoms with Crippen molar-refractivity contribution in [1.29, 1.82) is 0 Å². The molecule has 1 fully saturated rings. The average molecular weight is 303 g/mol. The molecule has 1 N–H and O–H groups in total. The van der Waals surface area contributed by atoms with E-state index in [-0.39, 0.29) is 0 Å². The van der Waals surface area contributed by atoms with Crippen molar-refractivity contribution in [3.05, 3.63) is 33.3 Å². The van der Waals surface area contributed by atoms with Gasteiger partial charge in [-0.25, -0.2) is 0 Å². The summed E-state index contributed by atoms with van der Waals surface area (Å²) in [5.74, 6) is 1.52. The summed E-state index contributed by atoms with van der Waals surface area (Å²) in [4.78, 5) is 0. The van der Waals surface area contributed by atoms with Crippen LogP contribution in [-0.2, 0) is 0 Å². The number of hydrogen-bond acceptors (Lipinski definition) is 1. The van der Waals surface area contributed by atoms with Gasteiger partial charge in [0, 0.05) is 10.5 Å². The van der Waals surface area contributed by atoms with Crippen LogP contribution in [0.1, 0.15) is 31.7 Å². The summed E-state index contributed by atoms with van der Waals surface area (Å²) in [7, 11) is 0. The highest BCUT2D eigenvalue weighted by atomic mass is 79.9. The Morgan fingerprint density at radius 3 is 2.88 bits per heavy atom. The predicted octanol–water partition coefficient (Wildman–Crippen LogP) is 4.20. The molecular formula is C13H17BrClN. The highest BCUT2D eigenvalue weighted by molar-refractivity contribution is 9.10. The van der Waals surface area contributed by atoms with Crippen molar-refractivity contribution in [2.75, 3.05) is 6.54 Å². The molecule has 0 spiro atoms. The molecule has 1 nitrogen and oxygen atoms in total. The van der Waals surface area contributed by atoms with E-state index in [2.05, 4.69) is 47.2 Å². The van der Waals surface area contributed by atoms with Crippen molar-refractivity contribution in [3.63, 3.8) is 0 Å². The van der Waals surface area contributed by atoms with Crippen molar-refractivity contribution in [2.45, 2.75) is 32.2 Å². The van der Waals surface area contributed by atoms with Gasteiger partial charge in [-0.05, 0) is 58.4 Å². The third-order valence-electron chi connectivity index (χ3n) is 3.08. The van der Waals surface area contributed by atoms with Crippen LogP contribution in [0, 0.1) is 5.92 Å². The van der Waals surface area contributed by atoms with E-state index in [9.17, 15) is 0 Å². The number of rotatable bonds is 4. The lowest BCUT2D eigenvalue weighted by molar-refractivity contribution is 0.554. The van der Waals surface area contributed by atoms with Crippen LogP contribution in [0.15, 0.2) is 22.7 Å². The van der Waals surface area contributed by atoms with E-state index in [4.69, 9.17) is 11.6 Å². The van der Waals surface area contributed by atoms with Crippen molar-refractivity contribution < 1.29 is 0 Å². The molecule has 2 atom stereocenters. The number of hydrogen-bond donors (Lipinski definition) is 1. The molecule has 16 heavy (non-hydrogen) atoms. The van der Waals surface area contributed by atoms with Gasteiger partial charge in [0.25, 0.3) is 0 Å². The lowest BCUT2D eigenvalue weighted by Crippen LogP contribution is -2.25. The van der Waals surface area contributed by atoms with Gasteiger partial charge in [-0.1, -0.05) is 31.5 Å². The Labute approximate surface area is 111 Å². The van der Waals surface area contributed by atoms with E-state index in [1.165, 1.54) is 12.0 Å². The molecule has 0 amide bonds. The third kappa shape index (κ3) is 2.99. The smallest absolute Gasteiger partial charge is 0.0548 e. The SMILES string of the molecule is CC(C)NCC1CC1c1ccc(Cl)c(Br)c1. The van der Waals surface area contributed by atoms with Gasteiger partial charge >= 0.3 is 0 Å². The highest BCUT2D eigenvalue weighted by Gasteiger charge is 2.37. The quantitative estimate of drug-likeness (QED) is 0.879. The van der Waals surface area contributed by atoms with Gasteiger partial charge in [0.15, 0.2) is 0 Å². The van der Waals surface area contributed by atoms with Gasteiger partial charge < -0.3 is 5.32 Å². The standard InChI is InChI=1S/C13H17BrClN/c1-8(2)16-7-10-5-11(10)9-3-4-13(15)12(14)6-9/h3-4,6,8,10-11,16H,5,7H2,1-2H3. The molecule has 1 saturated carbocycles. The van der Waals surface area contributed by atoms with Gasteiger partial charge in [-0.15, -0.1) is 0 Å². The Morgan fingerprint density at radius 1 is 1.50 bits per heavy atom. The van der Waals surface area contributed by atoms with E-state index in [1.807, 2.05) is 6.07 Å². The Hall–Kier alpha value is -0.0500. The first kappa shape index (κ1) is 12.4. The maximum Gasteiger partial charge on any atom is 0.0548 e. The first-order chi connectivity index (χ1) is 7.58. The predicted molar refractivity (Wildman–Crippen MR) is 73.1 cm³/mol. The van der Waals surface area contributed by atoms with E-state index in [1.54, 1.807) is 0 Å². The van der Waals surface area contributed by atoms with E-state index in [0.717, 1.165) is 27.9 Å². The summed E-state index contributed by atoms with van der Waals surface area (Å²) in [6.07, 6.45) is 1.30. The molecule has 88 valence electrons. The van der Waals surface area contributed by atoms with Gasteiger partial charge in [-0.3, -0.25) is 0 Å². The minimum atomic E-state index is 0.582. The lowest BCUT2D eigenvalue weighted by Gasteiger charge is -2.07. The Kier molecular flexibility index (Phi) is 3.93. The molecule has 0 heterocycles. The molecule has 0 radical (unpaired) electrons. The molecule has 1 aliphatic rings. The van der Waals surface area contributed by atoms with Crippen molar-refractivity contribution in [3.8, 4) is 0 Å². The Bertz CT molecular complexity index is 378. The minimum absolute atomic E-state index is 0.582. The minimum Gasteiger partial charge on any atom is -0.314 e. The summed E-state index contributed by atoms with van der Waals surface area (Å²) < 4.78 is 1.01. The third-order valence-corrected chi connectivity index (χ3v) is 4.30. The van der Waals surface area contributed by atoms with Crippen LogP contribution >= 0.6 is 27.5 Å². The maximum atomic E-state index is 5.99. The van der Waals surface area contributed by atoms with Crippen LogP contribution in [0.2, 0.25) is 5.02 Å². The zero-order chi connectivity index (χ0) is 11.7. The van der Waals surface area contributed by atoms with Crippen LogP contribution < -0.4 is 5.32 Å². The largest absolute Gasteiger partial charge is 0.314 e. The van der Waals surface area contributed by atoms with Gasteiger partial charge in [-0.2, -0.15) is 0 Å². The van der Waals surface area contributed by atoms with Crippen LogP contribution in [-0.4, -0.2) is 12.6 Å². The molecule has 0 aliphatic heterocycles. The van der Waals surface area contributed by atoms with E-state index >= 15 is 0 Å². The fourth-order valence-electron chi connectivity index (χ4n) is 2.01. The highest BCUT2D eigenvalue weighted by Crippen LogP contribution is 2.47. The summed E-state index contributed by atoms with van der Waals surface area (Å²) in [6.45, 7) is 5.51. The maximum absolute atomic E-state index is 5.99. The van der Waals surface area contributed by atoms with Gasteiger partial charge in [0.05, 0.1) is 5.02 Å². The summed E-state index contributed by atoms with van der Waals surface area (Å²) in [5.41, 5.74) is 1.41. The second kappa shape index (κ2) is 5.07. The van der Waals surface area contributed by atoms with E-state index < -0.39 is 0 Å². The fourth-order valence-corrected chi connectivity index (χ4v) is 2.53. The van der Waals surface area contributed by atoms with Crippen molar-refractivity contribution in [1.82, 2.24) is 5.32 Å². The molecule has 1 aliphatic carbocycles. The van der Waals surface area contributed by atoms with Crippen LogP contribution in [0.25, 0.3) is 0 Å². The summed E-state index contributed by atoms with van der Waals surface area (Å²) in [6, 6.07) is 6.86. The summed E-state index contributed by atoms with van der Waals surface area (Å²) in [5, 5.41) is 4.29. The van der Waals surface area contributed by atoms with Crippen LogP contribution in [0.3, 0.4) is 0 Å². The first-order valence-electron chi connectivity index (χ1n) is 5.76. The molecule has 0 aromatic heterocycles. The monoisotopic (exact) mass is 301 g/mol. The molecule has 0 saturated heterocycles. The molecule has 0 bridgehead atoms. The molecule has 2 rings (SSSR count). The first-order valence-corrected chi connectivity index (χ1v) is 6.93. The lowest BCUT2D eigenvalue weighted by atomic mass is 10.1. The fraction of sp³-hybridized carbons (Fsp3) is 0.538. The Balaban J connectivity index is 1.93. The average Bonchev–Trinajstić information content (AvgIpc) is 2.98. The van der Waals surface area contributed by atoms with Gasteiger partial charge in [0.1, 0.15) is 0 Å². The van der Waals surface area contributed by atoms with Gasteiger partial charge in [0.2, 0.25) is 0 Å². The second-order valence-corrected chi connectivity index (χ2v) is 6.10. The molecule has 1 aromatic rings. The number of benzene rings is 1. The molecule has 3 heteroatoms. The zero-order valence-corrected chi connectivity index (χ0v) is 12.0. The Morgan fingerprint density at radius 2 is 2.25 bits per heavy atom. The molecular weight excluding hydrogens is 286 g/mol. The van der Waals surface area contributed by atoms with Crippen LogP contribution in [0.4, 0.5) is 0 Å². The summed E-state index contributed by atoms with van der Waals surface area (Å²) >= 11 is 9.46. The molecule has 2 unspecified atom stereocenters. The second-order valence-electron chi connectivity index (χ2n) is 4.84. The van der Waals surface area contributed by atoms with Crippen LogP contribution in [0.5, 0.6) is 0 Å².